The summed E-state index contributed by atoms with van der Waals surface area (Å²) < 4.78 is 6.04. The first-order valence-corrected chi connectivity index (χ1v) is 5.96. The second-order valence-electron chi connectivity index (χ2n) is 4.15. The molecule has 0 spiro atoms. The maximum absolute atomic E-state index is 12.4. The summed E-state index contributed by atoms with van der Waals surface area (Å²) in [6, 6.07) is 8.19. The zero-order valence-electron chi connectivity index (χ0n) is 9.94. The molecule has 5 nitrogen and oxygen atoms in total. The second kappa shape index (κ2) is 4.13. The van der Waals surface area contributed by atoms with Gasteiger partial charge in [-0.1, -0.05) is 12.1 Å². The summed E-state index contributed by atoms with van der Waals surface area (Å²) in [7, 11) is 0. The summed E-state index contributed by atoms with van der Waals surface area (Å²) in [4.78, 5) is 27.1. The average molecular weight is 277 g/mol. The maximum Gasteiger partial charge on any atom is 0.335 e. The number of aromatic amines is 1. The number of nitrogens with zero attached hydrogens (tertiary/aromatic N) is 1. The van der Waals surface area contributed by atoms with E-state index in [1.807, 2.05) is 13.0 Å². The van der Waals surface area contributed by atoms with Crippen LogP contribution in [0.4, 0.5) is 0 Å². The summed E-state index contributed by atoms with van der Waals surface area (Å²) in [5, 5.41) is 0.540. The van der Waals surface area contributed by atoms with E-state index in [0.717, 1.165) is 10.1 Å². The Hall–Kier alpha value is -2.27. The van der Waals surface area contributed by atoms with Crippen LogP contribution in [0.2, 0.25) is 5.22 Å². The third-order valence-corrected chi connectivity index (χ3v) is 3.12. The number of halogens is 1. The molecule has 0 bridgehead atoms. The Bertz CT molecular complexity index is 889. The van der Waals surface area contributed by atoms with Gasteiger partial charge in [0.05, 0.1) is 10.9 Å². The van der Waals surface area contributed by atoms with Crippen LogP contribution in [0.15, 0.2) is 44.3 Å². The first-order valence-electron chi connectivity index (χ1n) is 5.58. The number of rotatable bonds is 1. The highest BCUT2D eigenvalue weighted by Gasteiger charge is 2.13. The maximum atomic E-state index is 12.4. The van der Waals surface area contributed by atoms with Gasteiger partial charge in [0.1, 0.15) is 0 Å². The molecule has 0 saturated carbocycles. The van der Waals surface area contributed by atoms with Crippen LogP contribution >= 0.6 is 11.6 Å². The van der Waals surface area contributed by atoms with Gasteiger partial charge in [0.25, 0.3) is 5.56 Å². The van der Waals surface area contributed by atoms with E-state index in [4.69, 9.17) is 16.0 Å². The van der Waals surface area contributed by atoms with Crippen LogP contribution in [-0.2, 0) is 0 Å². The van der Waals surface area contributed by atoms with Gasteiger partial charge in [0, 0.05) is 6.07 Å². The lowest BCUT2D eigenvalue weighted by Gasteiger charge is -2.04. The van der Waals surface area contributed by atoms with Gasteiger partial charge in [-0.2, -0.15) is 4.57 Å². The number of H-pyrrole nitrogens is 1. The molecule has 2 heterocycles. The SMILES string of the molecule is Cc1cccc2c(=O)n(-c3ccc(Cl)o3)c(=O)[nH]c12. The molecule has 0 saturated heterocycles. The van der Waals surface area contributed by atoms with Crippen LogP contribution in [-0.4, -0.2) is 9.55 Å². The molecule has 0 aliphatic rings. The molecule has 3 rings (SSSR count). The molecular formula is C13H9ClN2O3. The zero-order valence-corrected chi connectivity index (χ0v) is 10.7. The normalized spacial score (nSPS) is 11.1. The Morgan fingerprint density at radius 3 is 2.68 bits per heavy atom. The van der Waals surface area contributed by atoms with Gasteiger partial charge < -0.3 is 9.40 Å². The van der Waals surface area contributed by atoms with E-state index in [2.05, 4.69) is 4.98 Å². The quantitative estimate of drug-likeness (QED) is 0.741. The highest BCUT2D eigenvalue weighted by Crippen LogP contribution is 2.16. The van der Waals surface area contributed by atoms with Crippen molar-refractivity contribution in [2.24, 2.45) is 0 Å². The number of aryl methyl sites for hydroxylation is 1. The third-order valence-electron chi connectivity index (χ3n) is 2.92. The molecule has 0 radical (unpaired) electrons. The average Bonchev–Trinajstić information content (AvgIpc) is 2.77. The minimum atomic E-state index is -0.558. The van der Waals surface area contributed by atoms with Crippen LogP contribution < -0.4 is 11.2 Å². The second-order valence-corrected chi connectivity index (χ2v) is 4.52. The van der Waals surface area contributed by atoms with Crippen molar-refractivity contribution >= 4 is 22.5 Å². The summed E-state index contributed by atoms with van der Waals surface area (Å²) in [5.74, 6) is 0.0969. The number of para-hydroxylation sites is 1. The summed E-state index contributed by atoms with van der Waals surface area (Å²) in [6.45, 7) is 1.83. The Labute approximate surface area is 112 Å². The van der Waals surface area contributed by atoms with E-state index in [1.54, 1.807) is 12.1 Å². The lowest BCUT2D eigenvalue weighted by atomic mass is 10.1. The molecule has 3 aromatic rings. The fraction of sp³-hybridized carbons (Fsp3) is 0.0769. The van der Waals surface area contributed by atoms with Crippen molar-refractivity contribution in [2.45, 2.75) is 6.92 Å². The van der Waals surface area contributed by atoms with Crippen molar-refractivity contribution in [3.8, 4) is 5.88 Å². The standard InChI is InChI=1S/C13H9ClN2O3/c1-7-3-2-4-8-11(7)15-13(18)16(12(8)17)10-6-5-9(14)19-10/h2-6H,1H3,(H,15,18). The first kappa shape index (κ1) is 11.8. The predicted molar refractivity (Wildman–Crippen MR) is 72.2 cm³/mol. The molecule has 19 heavy (non-hydrogen) atoms. The number of hydrogen-bond acceptors (Lipinski definition) is 3. The van der Waals surface area contributed by atoms with Gasteiger partial charge in [-0.15, -0.1) is 0 Å². The topological polar surface area (TPSA) is 68.0 Å². The van der Waals surface area contributed by atoms with Gasteiger partial charge in [-0.3, -0.25) is 4.79 Å². The largest absolute Gasteiger partial charge is 0.428 e. The Morgan fingerprint density at radius 1 is 1.21 bits per heavy atom. The number of nitrogens with one attached hydrogen (secondary N) is 1. The Kier molecular flexibility index (Phi) is 2.57. The molecular weight excluding hydrogens is 268 g/mol. The van der Waals surface area contributed by atoms with Crippen LogP contribution in [0, 0.1) is 6.92 Å². The molecule has 0 aliphatic heterocycles. The summed E-state index contributed by atoms with van der Waals surface area (Å²) in [5.41, 5.74) is 0.369. The highest BCUT2D eigenvalue weighted by molar-refractivity contribution is 6.28. The molecule has 6 heteroatoms. The van der Waals surface area contributed by atoms with Crippen molar-refractivity contribution in [1.82, 2.24) is 9.55 Å². The summed E-state index contributed by atoms with van der Waals surface area (Å²) >= 11 is 5.66. The lowest BCUT2D eigenvalue weighted by Crippen LogP contribution is -2.33. The minimum absolute atomic E-state index is 0.0969. The lowest BCUT2D eigenvalue weighted by molar-refractivity contribution is 0.529. The smallest absolute Gasteiger partial charge is 0.335 e. The van der Waals surface area contributed by atoms with Crippen LogP contribution in [0.25, 0.3) is 16.8 Å². The Morgan fingerprint density at radius 2 is 2.00 bits per heavy atom. The number of furan rings is 1. The van der Waals surface area contributed by atoms with Crippen molar-refractivity contribution in [1.29, 1.82) is 0 Å². The number of fused-ring (bicyclic) bond motifs is 1. The van der Waals surface area contributed by atoms with Gasteiger partial charge in [0.2, 0.25) is 5.88 Å². The molecule has 0 atom stereocenters. The van der Waals surface area contributed by atoms with E-state index in [-0.39, 0.29) is 11.1 Å². The van der Waals surface area contributed by atoms with Crippen LogP contribution in [0.5, 0.6) is 0 Å². The first-order chi connectivity index (χ1) is 9.08. The Balaban J connectivity index is 2.45. The molecule has 0 amide bonds. The van der Waals surface area contributed by atoms with Gasteiger partial charge in [-0.25, -0.2) is 4.79 Å². The van der Waals surface area contributed by atoms with Crippen molar-refractivity contribution in [2.75, 3.05) is 0 Å². The fourth-order valence-corrected chi connectivity index (χ4v) is 2.15. The molecule has 0 fully saturated rings. The van der Waals surface area contributed by atoms with Crippen LogP contribution in [0.1, 0.15) is 5.56 Å². The fourth-order valence-electron chi connectivity index (χ4n) is 2.01. The minimum Gasteiger partial charge on any atom is -0.428 e. The number of hydrogen-bond donors (Lipinski definition) is 1. The van der Waals surface area contributed by atoms with Crippen molar-refractivity contribution in [3.05, 3.63) is 62.0 Å². The third kappa shape index (κ3) is 1.79. The van der Waals surface area contributed by atoms with Crippen molar-refractivity contribution in [3.63, 3.8) is 0 Å². The number of benzene rings is 1. The molecule has 1 aromatic carbocycles. The van der Waals surface area contributed by atoms with Gasteiger partial charge in [-0.05, 0) is 36.2 Å². The molecule has 2 aromatic heterocycles. The molecule has 1 N–H and O–H groups in total. The highest BCUT2D eigenvalue weighted by atomic mass is 35.5. The summed E-state index contributed by atoms with van der Waals surface area (Å²) in [6.07, 6.45) is 0. The van der Waals surface area contributed by atoms with Gasteiger partial charge in [0.15, 0.2) is 5.22 Å². The molecule has 0 aliphatic carbocycles. The zero-order chi connectivity index (χ0) is 13.6. The van der Waals surface area contributed by atoms with E-state index in [9.17, 15) is 9.59 Å². The van der Waals surface area contributed by atoms with E-state index in [0.29, 0.717) is 10.9 Å². The molecule has 96 valence electrons. The number of aromatic nitrogens is 2. The van der Waals surface area contributed by atoms with E-state index in [1.165, 1.54) is 12.1 Å². The van der Waals surface area contributed by atoms with E-state index >= 15 is 0 Å². The van der Waals surface area contributed by atoms with Gasteiger partial charge >= 0.3 is 5.69 Å². The van der Waals surface area contributed by atoms with Crippen LogP contribution in [0.3, 0.4) is 0 Å². The molecule has 0 unspecified atom stereocenters. The van der Waals surface area contributed by atoms with Crippen molar-refractivity contribution < 1.29 is 4.42 Å². The predicted octanol–water partition coefficient (Wildman–Crippen LogP) is 2.23. The van der Waals surface area contributed by atoms with E-state index < -0.39 is 11.2 Å². The monoisotopic (exact) mass is 276 g/mol.